The summed E-state index contributed by atoms with van der Waals surface area (Å²) in [6.45, 7) is 7.89. The summed E-state index contributed by atoms with van der Waals surface area (Å²) in [4.78, 5) is 29.8. The summed E-state index contributed by atoms with van der Waals surface area (Å²) in [7, 11) is 0. The van der Waals surface area contributed by atoms with Crippen molar-refractivity contribution in [3.63, 3.8) is 0 Å². The number of amides is 1. The number of nitrogens with one attached hydrogen (secondary N) is 2. The Morgan fingerprint density at radius 2 is 1.87 bits per heavy atom. The minimum absolute atomic E-state index is 0.115. The number of aliphatic imine (C=N–C) groups is 1. The van der Waals surface area contributed by atoms with Crippen molar-refractivity contribution in [2.75, 3.05) is 17.7 Å². The van der Waals surface area contributed by atoms with Crippen LogP contribution in [0.5, 0.6) is 0 Å². The van der Waals surface area contributed by atoms with E-state index in [1.54, 1.807) is 6.92 Å². The summed E-state index contributed by atoms with van der Waals surface area (Å²) in [6.07, 6.45) is 0. The number of nitrogens with zero attached hydrogens (tertiary/aromatic N) is 1. The highest BCUT2D eigenvalue weighted by Crippen LogP contribution is 2.32. The van der Waals surface area contributed by atoms with Crippen molar-refractivity contribution in [3.8, 4) is 0 Å². The first-order chi connectivity index (χ1) is 14.9. The van der Waals surface area contributed by atoms with E-state index in [-0.39, 0.29) is 17.6 Å². The van der Waals surface area contributed by atoms with Crippen molar-refractivity contribution < 1.29 is 14.3 Å². The topological polar surface area (TPSA) is 79.8 Å². The number of anilines is 1. The smallest absolute Gasteiger partial charge is 0.338 e. The van der Waals surface area contributed by atoms with Gasteiger partial charge in [0.15, 0.2) is 5.17 Å². The predicted molar refractivity (Wildman–Crippen MR) is 126 cm³/mol. The minimum Gasteiger partial charge on any atom is -0.463 e. The van der Waals surface area contributed by atoms with Crippen LogP contribution in [0.4, 0.5) is 5.69 Å². The van der Waals surface area contributed by atoms with Crippen LogP contribution in [0, 0.1) is 13.8 Å². The van der Waals surface area contributed by atoms with Crippen LogP contribution in [0.1, 0.15) is 36.6 Å². The maximum Gasteiger partial charge on any atom is 0.338 e. The third kappa shape index (κ3) is 5.76. The normalized spacial score (nSPS) is 15.7. The van der Waals surface area contributed by atoms with E-state index in [1.807, 2.05) is 69.3 Å². The Labute approximate surface area is 187 Å². The zero-order valence-corrected chi connectivity index (χ0v) is 19.0. The number of amidine groups is 1. The second kappa shape index (κ2) is 10.3. The molecule has 1 aliphatic rings. The quantitative estimate of drug-likeness (QED) is 0.650. The predicted octanol–water partition coefficient (Wildman–Crippen LogP) is 4.51. The number of hydrogen-bond acceptors (Lipinski definition) is 6. The number of allylic oxidation sites excluding steroid dienone is 1. The number of rotatable bonds is 6. The lowest BCUT2D eigenvalue weighted by Crippen LogP contribution is -2.31. The van der Waals surface area contributed by atoms with E-state index in [4.69, 9.17) is 9.73 Å². The molecule has 0 spiro atoms. The van der Waals surface area contributed by atoms with Crippen molar-refractivity contribution in [2.24, 2.45) is 4.99 Å². The standard InChI is InChI=1S/C24H27N3O3S/c1-5-30-23(29)21-17(4)25-24(27-22(21)18-9-7-6-8-10-18)31-14-20(28)26-19-12-11-15(2)13-16(19)3/h6-13,22H,5,14H2,1-4H3,(H,25,27)(H,26,28)/t22-/m0/s1. The van der Waals surface area contributed by atoms with Crippen LogP contribution in [0.15, 0.2) is 64.8 Å². The molecule has 0 fully saturated rings. The molecule has 1 atom stereocenters. The highest BCUT2D eigenvalue weighted by atomic mass is 32.2. The Bertz CT molecular complexity index is 1030. The van der Waals surface area contributed by atoms with Gasteiger partial charge in [0.1, 0.15) is 6.04 Å². The summed E-state index contributed by atoms with van der Waals surface area (Å²) < 4.78 is 5.25. The molecule has 0 bridgehead atoms. The number of benzene rings is 2. The van der Waals surface area contributed by atoms with Crippen molar-refractivity contribution in [1.82, 2.24) is 5.32 Å². The molecule has 0 saturated carbocycles. The Kier molecular flexibility index (Phi) is 7.52. The Balaban J connectivity index is 1.74. The van der Waals surface area contributed by atoms with Gasteiger partial charge in [-0.3, -0.25) is 4.79 Å². The van der Waals surface area contributed by atoms with E-state index in [9.17, 15) is 9.59 Å². The van der Waals surface area contributed by atoms with Gasteiger partial charge in [0.05, 0.1) is 17.9 Å². The van der Waals surface area contributed by atoms with Crippen molar-refractivity contribution >= 4 is 34.5 Å². The Morgan fingerprint density at radius 3 is 2.55 bits per heavy atom. The van der Waals surface area contributed by atoms with E-state index in [0.717, 1.165) is 22.4 Å². The number of ether oxygens (including phenoxy) is 1. The molecule has 162 valence electrons. The number of thioether (sulfide) groups is 1. The molecule has 2 aromatic rings. The average Bonchev–Trinajstić information content (AvgIpc) is 2.74. The molecule has 0 radical (unpaired) electrons. The van der Waals surface area contributed by atoms with Gasteiger partial charge >= 0.3 is 5.97 Å². The molecule has 31 heavy (non-hydrogen) atoms. The van der Waals surface area contributed by atoms with Gasteiger partial charge in [-0.1, -0.05) is 59.8 Å². The van der Waals surface area contributed by atoms with Crippen molar-refractivity contribution in [2.45, 2.75) is 33.7 Å². The first-order valence-corrected chi connectivity index (χ1v) is 11.1. The van der Waals surface area contributed by atoms with E-state index >= 15 is 0 Å². The van der Waals surface area contributed by atoms with Gasteiger partial charge < -0.3 is 15.4 Å². The summed E-state index contributed by atoms with van der Waals surface area (Å²) >= 11 is 1.30. The molecule has 2 N–H and O–H groups in total. The van der Waals surface area contributed by atoms with E-state index in [1.165, 1.54) is 11.8 Å². The van der Waals surface area contributed by atoms with Gasteiger partial charge in [-0.05, 0) is 44.9 Å². The van der Waals surface area contributed by atoms with E-state index in [0.29, 0.717) is 23.0 Å². The van der Waals surface area contributed by atoms with Gasteiger partial charge in [-0.25, -0.2) is 9.79 Å². The highest BCUT2D eigenvalue weighted by molar-refractivity contribution is 8.14. The second-order valence-corrected chi connectivity index (χ2v) is 8.25. The number of carbonyl (C=O) groups excluding carboxylic acids is 2. The number of esters is 1. The summed E-state index contributed by atoms with van der Waals surface area (Å²) in [5, 5.41) is 6.69. The average molecular weight is 438 g/mol. The van der Waals surface area contributed by atoms with Gasteiger partial charge in [0.2, 0.25) is 5.91 Å². The monoisotopic (exact) mass is 437 g/mol. The molecular weight excluding hydrogens is 410 g/mol. The fraction of sp³-hybridized carbons (Fsp3) is 0.292. The maximum atomic E-state index is 12.6. The van der Waals surface area contributed by atoms with Crippen LogP contribution in [0.25, 0.3) is 0 Å². The third-order valence-electron chi connectivity index (χ3n) is 4.82. The number of aryl methyl sites for hydroxylation is 2. The van der Waals surface area contributed by atoms with Crippen molar-refractivity contribution in [1.29, 1.82) is 0 Å². The molecule has 0 saturated heterocycles. The molecule has 0 aliphatic carbocycles. The molecule has 0 unspecified atom stereocenters. The van der Waals surface area contributed by atoms with Gasteiger partial charge in [-0.15, -0.1) is 0 Å². The second-order valence-electron chi connectivity index (χ2n) is 7.29. The maximum absolute atomic E-state index is 12.6. The zero-order chi connectivity index (χ0) is 22.4. The van der Waals surface area contributed by atoms with Crippen LogP contribution in [-0.4, -0.2) is 29.4 Å². The highest BCUT2D eigenvalue weighted by Gasteiger charge is 2.30. The molecule has 1 aliphatic heterocycles. The van der Waals surface area contributed by atoms with Crippen LogP contribution in [0.2, 0.25) is 0 Å². The van der Waals surface area contributed by atoms with Gasteiger partial charge in [0.25, 0.3) is 0 Å². The van der Waals surface area contributed by atoms with Crippen molar-refractivity contribution in [3.05, 3.63) is 76.5 Å². The molecule has 1 amide bonds. The number of hydrogen-bond donors (Lipinski definition) is 2. The Morgan fingerprint density at radius 1 is 1.13 bits per heavy atom. The lowest BCUT2D eigenvalue weighted by molar-refractivity contribution is -0.139. The SMILES string of the molecule is CCOC(=O)C1=C(C)NC(SCC(=O)Nc2ccc(C)cc2C)=N[C@H]1c1ccccc1. The molecule has 6 nitrogen and oxygen atoms in total. The largest absolute Gasteiger partial charge is 0.463 e. The van der Waals surface area contributed by atoms with Crippen LogP contribution in [-0.2, 0) is 14.3 Å². The van der Waals surface area contributed by atoms with Crippen LogP contribution >= 0.6 is 11.8 Å². The fourth-order valence-corrected chi connectivity index (χ4v) is 4.09. The zero-order valence-electron chi connectivity index (χ0n) is 18.2. The van der Waals surface area contributed by atoms with Crippen LogP contribution < -0.4 is 10.6 Å². The first-order valence-electron chi connectivity index (χ1n) is 10.2. The fourth-order valence-electron chi connectivity index (χ4n) is 3.34. The lowest BCUT2D eigenvalue weighted by Gasteiger charge is -2.25. The third-order valence-corrected chi connectivity index (χ3v) is 5.71. The van der Waals surface area contributed by atoms with E-state index in [2.05, 4.69) is 10.6 Å². The molecule has 2 aromatic carbocycles. The molecule has 3 rings (SSSR count). The van der Waals surface area contributed by atoms with E-state index < -0.39 is 6.04 Å². The van der Waals surface area contributed by atoms with Gasteiger partial charge in [-0.2, -0.15) is 0 Å². The first kappa shape index (κ1) is 22.6. The minimum atomic E-state index is -0.480. The molecule has 0 aromatic heterocycles. The summed E-state index contributed by atoms with van der Waals surface area (Å²) in [5.74, 6) is -0.305. The van der Waals surface area contributed by atoms with Gasteiger partial charge in [0, 0.05) is 11.4 Å². The molecule has 1 heterocycles. The lowest BCUT2D eigenvalue weighted by atomic mass is 9.97. The number of carbonyl (C=O) groups is 2. The van der Waals surface area contributed by atoms with Crippen LogP contribution in [0.3, 0.4) is 0 Å². The summed E-state index contributed by atoms with van der Waals surface area (Å²) in [6, 6.07) is 15.0. The Hall–Kier alpha value is -3.06. The molecular formula is C24H27N3O3S. The molecule has 7 heteroatoms. The summed E-state index contributed by atoms with van der Waals surface area (Å²) in [5.41, 5.74) is 5.03.